The highest BCUT2D eigenvalue weighted by molar-refractivity contribution is 6.29. The Morgan fingerprint density at radius 1 is 1.58 bits per heavy atom. The van der Waals surface area contributed by atoms with Gasteiger partial charge in [-0.1, -0.05) is 11.6 Å². The van der Waals surface area contributed by atoms with Crippen LogP contribution in [0.1, 0.15) is 6.42 Å². The first-order valence-corrected chi connectivity index (χ1v) is 5.76. The predicted octanol–water partition coefficient (Wildman–Crippen LogP) is 0.667. The molecule has 1 saturated heterocycles. The summed E-state index contributed by atoms with van der Waals surface area (Å²) < 4.78 is 0. The monoisotopic (exact) mass is 287 g/mol. The molecule has 1 aliphatic rings. The van der Waals surface area contributed by atoms with Crippen LogP contribution < -0.4 is 4.90 Å². The largest absolute Gasteiger partial charge is 0.480 e. The number of pyridine rings is 1. The number of hydrogen-bond acceptors (Lipinski definition) is 6. The smallest absolute Gasteiger partial charge is 0.326 e. The number of aliphatic hydroxyl groups is 1. The van der Waals surface area contributed by atoms with Crippen molar-refractivity contribution in [2.24, 2.45) is 0 Å². The van der Waals surface area contributed by atoms with Crippen LogP contribution in [0.5, 0.6) is 0 Å². The molecule has 2 N–H and O–H groups in total. The SMILES string of the molecule is O=C(O)[C@@H]1C[C@@H](O)CN1c1nc(Cl)ccc1[N+](=O)[O-]. The van der Waals surface area contributed by atoms with Gasteiger partial charge in [-0.25, -0.2) is 9.78 Å². The Labute approximate surface area is 112 Å². The van der Waals surface area contributed by atoms with E-state index in [2.05, 4.69) is 4.98 Å². The summed E-state index contributed by atoms with van der Waals surface area (Å²) in [7, 11) is 0. The molecule has 0 aliphatic carbocycles. The molecule has 2 heterocycles. The number of halogens is 1. The van der Waals surface area contributed by atoms with Crippen molar-refractivity contribution in [3.05, 3.63) is 27.4 Å². The number of aromatic nitrogens is 1. The third kappa shape index (κ3) is 2.59. The second-order valence-corrected chi connectivity index (χ2v) is 4.52. The summed E-state index contributed by atoms with van der Waals surface area (Å²) in [5.74, 6) is -1.31. The zero-order chi connectivity index (χ0) is 14.2. The molecule has 2 rings (SSSR count). The number of β-amino-alcohol motifs (C(OH)–C–C–N with tert-alkyl or cyclic N) is 1. The molecule has 2 atom stereocenters. The number of carbonyl (C=O) groups is 1. The van der Waals surface area contributed by atoms with Crippen LogP contribution in [-0.2, 0) is 4.79 Å². The molecule has 19 heavy (non-hydrogen) atoms. The third-order valence-corrected chi connectivity index (χ3v) is 3.06. The minimum atomic E-state index is -1.17. The van der Waals surface area contributed by atoms with E-state index in [4.69, 9.17) is 16.7 Å². The van der Waals surface area contributed by atoms with E-state index in [0.717, 1.165) is 6.07 Å². The molecule has 8 nitrogen and oxygen atoms in total. The molecular weight excluding hydrogens is 278 g/mol. The van der Waals surface area contributed by atoms with E-state index in [9.17, 15) is 20.0 Å². The summed E-state index contributed by atoms with van der Waals surface area (Å²) in [5.41, 5.74) is -0.343. The molecule has 0 unspecified atom stereocenters. The molecule has 0 aromatic carbocycles. The molecule has 0 spiro atoms. The van der Waals surface area contributed by atoms with Crippen LogP contribution >= 0.6 is 11.6 Å². The van der Waals surface area contributed by atoms with Crippen LogP contribution in [0.2, 0.25) is 5.15 Å². The Kier molecular flexibility index (Phi) is 3.54. The lowest BCUT2D eigenvalue weighted by molar-refractivity contribution is -0.384. The van der Waals surface area contributed by atoms with Crippen LogP contribution in [0.3, 0.4) is 0 Å². The lowest BCUT2D eigenvalue weighted by Gasteiger charge is -2.21. The maximum atomic E-state index is 11.1. The van der Waals surface area contributed by atoms with Crippen LogP contribution in [0.4, 0.5) is 11.5 Å². The van der Waals surface area contributed by atoms with Gasteiger partial charge in [-0.3, -0.25) is 10.1 Å². The zero-order valence-corrected chi connectivity index (χ0v) is 10.3. The van der Waals surface area contributed by atoms with Gasteiger partial charge in [0.15, 0.2) is 0 Å². The van der Waals surface area contributed by atoms with Gasteiger partial charge in [-0.05, 0) is 6.07 Å². The van der Waals surface area contributed by atoms with Gasteiger partial charge in [0.05, 0.1) is 11.0 Å². The fourth-order valence-corrected chi connectivity index (χ4v) is 2.20. The van der Waals surface area contributed by atoms with Gasteiger partial charge in [-0.2, -0.15) is 0 Å². The Hall–Kier alpha value is -1.93. The molecule has 0 saturated carbocycles. The number of nitro groups is 1. The van der Waals surface area contributed by atoms with Crippen molar-refractivity contribution < 1.29 is 19.9 Å². The van der Waals surface area contributed by atoms with Gasteiger partial charge in [0.2, 0.25) is 5.82 Å². The summed E-state index contributed by atoms with van der Waals surface area (Å²) in [6.45, 7) is -0.0366. The van der Waals surface area contributed by atoms with E-state index < -0.39 is 23.0 Å². The summed E-state index contributed by atoms with van der Waals surface area (Å²) in [5, 5.41) is 29.6. The second kappa shape index (κ2) is 4.98. The minimum absolute atomic E-state index is 0.0132. The number of nitrogens with zero attached hydrogens (tertiary/aromatic N) is 3. The Bertz CT molecular complexity index is 538. The highest BCUT2D eigenvalue weighted by Gasteiger charge is 2.39. The fraction of sp³-hybridized carbons (Fsp3) is 0.400. The van der Waals surface area contributed by atoms with Crippen LogP contribution in [0.15, 0.2) is 12.1 Å². The van der Waals surface area contributed by atoms with E-state index in [-0.39, 0.29) is 29.6 Å². The summed E-state index contributed by atoms with van der Waals surface area (Å²) >= 11 is 5.69. The normalized spacial score (nSPS) is 22.5. The molecule has 0 bridgehead atoms. The van der Waals surface area contributed by atoms with Crippen molar-refractivity contribution in [2.75, 3.05) is 11.4 Å². The van der Waals surface area contributed by atoms with Crippen molar-refractivity contribution in [2.45, 2.75) is 18.6 Å². The van der Waals surface area contributed by atoms with E-state index in [0.29, 0.717) is 0 Å². The van der Waals surface area contributed by atoms with Gasteiger partial charge >= 0.3 is 11.7 Å². The van der Waals surface area contributed by atoms with E-state index in [1.807, 2.05) is 0 Å². The van der Waals surface area contributed by atoms with Crippen LogP contribution in [-0.4, -0.2) is 44.8 Å². The molecule has 0 radical (unpaired) electrons. The number of aliphatic carboxylic acids is 1. The molecule has 1 aromatic heterocycles. The first-order chi connectivity index (χ1) is 8.90. The number of rotatable bonds is 3. The summed E-state index contributed by atoms with van der Waals surface area (Å²) in [6, 6.07) is 1.36. The molecule has 0 amide bonds. The average Bonchev–Trinajstić information content (AvgIpc) is 2.70. The predicted molar refractivity (Wildman–Crippen MR) is 65.3 cm³/mol. The van der Waals surface area contributed by atoms with Gasteiger partial charge in [-0.15, -0.1) is 0 Å². The number of carboxylic acid groups (broad SMARTS) is 1. The topological polar surface area (TPSA) is 117 Å². The Morgan fingerprint density at radius 3 is 2.84 bits per heavy atom. The maximum absolute atomic E-state index is 11.1. The highest BCUT2D eigenvalue weighted by Crippen LogP contribution is 2.33. The first-order valence-electron chi connectivity index (χ1n) is 5.38. The van der Waals surface area contributed by atoms with E-state index >= 15 is 0 Å². The zero-order valence-electron chi connectivity index (χ0n) is 9.56. The van der Waals surface area contributed by atoms with Crippen molar-refractivity contribution in [3.63, 3.8) is 0 Å². The summed E-state index contributed by atoms with van der Waals surface area (Å²) in [6.07, 6.45) is -0.887. The van der Waals surface area contributed by atoms with Crippen molar-refractivity contribution >= 4 is 29.1 Å². The van der Waals surface area contributed by atoms with Gasteiger partial charge < -0.3 is 15.1 Å². The first kappa shape index (κ1) is 13.5. The quantitative estimate of drug-likeness (QED) is 0.476. The van der Waals surface area contributed by atoms with Crippen molar-refractivity contribution in [1.29, 1.82) is 0 Å². The Balaban J connectivity index is 2.47. The molecule has 1 fully saturated rings. The lowest BCUT2D eigenvalue weighted by Crippen LogP contribution is -2.37. The van der Waals surface area contributed by atoms with Crippen molar-refractivity contribution in [1.82, 2.24) is 4.98 Å². The molecule has 9 heteroatoms. The van der Waals surface area contributed by atoms with Crippen molar-refractivity contribution in [3.8, 4) is 0 Å². The number of aliphatic hydroxyl groups excluding tert-OH is 1. The van der Waals surface area contributed by atoms with E-state index in [1.54, 1.807) is 0 Å². The Morgan fingerprint density at radius 2 is 2.26 bits per heavy atom. The average molecular weight is 288 g/mol. The van der Waals surface area contributed by atoms with Gasteiger partial charge in [0, 0.05) is 19.0 Å². The fourth-order valence-electron chi connectivity index (χ4n) is 2.05. The molecule has 1 aromatic rings. The lowest BCUT2D eigenvalue weighted by atomic mass is 10.2. The minimum Gasteiger partial charge on any atom is -0.480 e. The number of carboxylic acids is 1. The van der Waals surface area contributed by atoms with Crippen LogP contribution in [0.25, 0.3) is 0 Å². The summed E-state index contributed by atoms with van der Waals surface area (Å²) in [4.78, 5) is 26.4. The van der Waals surface area contributed by atoms with Gasteiger partial charge in [0.1, 0.15) is 11.2 Å². The maximum Gasteiger partial charge on any atom is 0.326 e. The second-order valence-electron chi connectivity index (χ2n) is 4.13. The molecule has 1 aliphatic heterocycles. The molecular formula is C10H10ClN3O5. The highest BCUT2D eigenvalue weighted by atomic mass is 35.5. The number of hydrogen-bond donors (Lipinski definition) is 2. The van der Waals surface area contributed by atoms with E-state index in [1.165, 1.54) is 11.0 Å². The molecule has 102 valence electrons. The van der Waals surface area contributed by atoms with Gasteiger partial charge in [0.25, 0.3) is 0 Å². The number of anilines is 1. The standard InChI is InChI=1S/C10H10ClN3O5/c11-8-2-1-6(14(18)19)9(12-8)13-4-5(15)3-7(13)10(16)17/h1-2,5,7,15H,3-4H2,(H,16,17)/t5-,7+/m1/s1. The van der Waals surface area contributed by atoms with Crippen LogP contribution in [0, 0.1) is 10.1 Å². The third-order valence-electron chi connectivity index (χ3n) is 2.85.